The van der Waals surface area contributed by atoms with Crippen molar-refractivity contribution >= 4 is 11.0 Å². The minimum absolute atomic E-state index is 0.0351. The summed E-state index contributed by atoms with van der Waals surface area (Å²) < 4.78 is 14.7. The monoisotopic (exact) mass is 223 g/mol. The molecule has 1 heterocycles. The van der Waals surface area contributed by atoms with Gasteiger partial charge < -0.3 is 5.11 Å². The van der Waals surface area contributed by atoms with Crippen molar-refractivity contribution in [2.75, 3.05) is 6.61 Å². The minimum atomic E-state index is -0.323. The Bertz CT molecular complexity index is 495. The number of fused-ring (bicyclic) bond motifs is 1. The summed E-state index contributed by atoms with van der Waals surface area (Å²) in [5.41, 5.74) is 1.26. The maximum absolute atomic E-state index is 13.1. The molecule has 0 radical (unpaired) electrons. The first-order valence-corrected chi connectivity index (χ1v) is 5.24. The Morgan fingerprint density at radius 1 is 1.44 bits per heavy atom. The smallest absolute Gasteiger partial charge is 0.125 e. The van der Waals surface area contributed by atoms with Crippen LogP contribution in [0.3, 0.4) is 0 Å². The van der Waals surface area contributed by atoms with Crippen LogP contribution < -0.4 is 0 Å². The van der Waals surface area contributed by atoms with Gasteiger partial charge >= 0.3 is 0 Å². The molecule has 0 amide bonds. The minimum Gasteiger partial charge on any atom is -0.394 e. The molecule has 16 heavy (non-hydrogen) atoms. The molecule has 0 aliphatic rings. The van der Waals surface area contributed by atoms with E-state index < -0.39 is 0 Å². The van der Waals surface area contributed by atoms with Crippen LogP contribution in [0.25, 0.3) is 11.0 Å². The number of aliphatic hydroxyl groups excluding tert-OH is 1. The molecule has 1 atom stereocenters. The predicted octanol–water partition coefficient (Wildman–Crippen LogP) is 1.76. The Morgan fingerprint density at radius 3 is 2.81 bits per heavy atom. The Balaban J connectivity index is 2.55. The van der Waals surface area contributed by atoms with Crippen molar-refractivity contribution in [2.24, 2.45) is 5.92 Å². The molecule has 1 N–H and O–H groups in total. The lowest BCUT2D eigenvalue weighted by Gasteiger charge is -2.18. The Morgan fingerprint density at radius 2 is 2.19 bits per heavy atom. The molecule has 0 bridgehead atoms. The SMILES string of the molecule is CC(C)C(CO)n1nnc2ccc(F)cc21. The molecule has 0 spiro atoms. The fraction of sp³-hybridized carbons (Fsp3) is 0.455. The summed E-state index contributed by atoms with van der Waals surface area (Å²) >= 11 is 0. The topological polar surface area (TPSA) is 50.9 Å². The van der Waals surface area contributed by atoms with Crippen LogP contribution in [0.2, 0.25) is 0 Å². The molecule has 0 saturated carbocycles. The van der Waals surface area contributed by atoms with Crippen molar-refractivity contribution in [1.29, 1.82) is 0 Å². The zero-order valence-corrected chi connectivity index (χ0v) is 9.26. The molecule has 2 aromatic rings. The van der Waals surface area contributed by atoms with Crippen molar-refractivity contribution in [3.63, 3.8) is 0 Å². The summed E-state index contributed by atoms with van der Waals surface area (Å²) in [6.07, 6.45) is 0. The number of nitrogens with zero attached hydrogens (tertiary/aromatic N) is 3. The Kier molecular flexibility index (Phi) is 2.87. The van der Waals surface area contributed by atoms with Crippen LogP contribution in [0, 0.1) is 11.7 Å². The van der Waals surface area contributed by atoms with Crippen molar-refractivity contribution in [1.82, 2.24) is 15.0 Å². The number of aliphatic hydroxyl groups is 1. The average Bonchev–Trinajstić information content (AvgIpc) is 2.62. The largest absolute Gasteiger partial charge is 0.394 e. The molecule has 0 aliphatic heterocycles. The zero-order chi connectivity index (χ0) is 11.7. The number of benzene rings is 1. The van der Waals surface area contributed by atoms with E-state index in [1.165, 1.54) is 12.1 Å². The van der Waals surface area contributed by atoms with Crippen LogP contribution in [0.5, 0.6) is 0 Å². The summed E-state index contributed by atoms with van der Waals surface area (Å²) in [7, 11) is 0. The Labute approximate surface area is 92.7 Å². The van der Waals surface area contributed by atoms with Crippen molar-refractivity contribution in [3.8, 4) is 0 Å². The summed E-state index contributed by atoms with van der Waals surface area (Å²) in [5.74, 6) is -0.116. The van der Waals surface area contributed by atoms with Crippen molar-refractivity contribution in [3.05, 3.63) is 24.0 Å². The standard InChI is InChI=1S/C11H14FN3O/c1-7(2)11(6-16)15-10-5-8(12)3-4-9(10)13-14-15/h3-5,7,11,16H,6H2,1-2H3. The lowest BCUT2D eigenvalue weighted by Crippen LogP contribution is -2.20. The summed E-state index contributed by atoms with van der Waals surface area (Å²) in [6.45, 7) is 3.92. The van der Waals surface area contributed by atoms with Gasteiger partial charge in [0.2, 0.25) is 0 Å². The van der Waals surface area contributed by atoms with Gasteiger partial charge in [0.05, 0.1) is 18.2 Å². The first-order chi connectivity index (χ1) is 7.63. The maximum atomic E-state index is 13.1. The molecule has 1 aromatic heterocycles. The van der Waals surface area contributed by atoms with E-state index >= 15 is 0 Å². The Hall–Kier alpha value is -1.49. The molecular formula is C11H14FN3O. The van der Waals surface area contributed by atoms with Gasteiger partial charge in [-0.3, -0.25) is 0 Å². The number of rotatable bonds is 3. The fourth-order valence-corrected chi connectivity index (χ4v) is 1.72. The van der Waals surface area contributed by atoms with Gasteiger partial charge in [-0.1, -0.05) is 19.1 Å². The molecule has 1 aromatic carbocycles. The summed E-state index contributed by atoms with van der Waals surface area (Å²) in [4.78, 5) is 0. The lowest BCUT2D eigenvalue weighted by molar-refractivity contribution is 0.184. The van der Waals surface area contributed by atoms with E-state index in [1.54, 1.807) is 10.7 Å². The summed E-state index contributed by atoms with van der Waals surface area (Å²) in [6, 6.07) is 4.15. The second kappa shape index (κ2) is 4.17. The molecular weight excluding hydrogens is 209 g/mol. The van der Waals surface area contributed by atoms with Crippen LogP contribution in [-0.2, 0) is 0 Å². The molecule has 4 nitrogen and oxygen atoms in total. The predicted molar refractivity (Wildman–Crippen MR) is 58.4 cm³/mol. The first-order valence-electron chi connectivity index (χ1n) is 5.24. The zero-order valence-electron chi connectivity index (χ0n) is 9.26. The highest BCUT2D eigenvalue weighted by atomic mass is 19.1. The third-order valence-corrected chi connectivity index (χ3v) is 2.70. The summed E-state index contributed by atoms with van der Waals surface area (Å²) in [5, 5.41) is 17.2. The fourth-order valence-electron chi connectivity index (χ4n) is 1.72. The normalized spacial score (nSPS) is 13.6. The van der Waals surface area contributed by atoms with Gasteiger partial charge in [-0.05, 0) is 18.1 Å². The van der Waals surface area contributed by atoms with Crippen LogP contribution in [0.15, 0.2) is 18.2 Å². The van der Waals surface area contributed by atoms with Gasteiger partial charge in [0.1, 0.15) is 11.3 Å². The van der Waals surface area contributed by atoms with Gasteiger partial charge in [-0.15, -0.1) is 5.10 Å². The van der Waals surface area contributed by atoms with E-state index in [1.807, 2.05) is 13.8 Å². The van der Waals surface area contributed by atoms with E-state index in [-0.39, 0.29) is 24.4 Å². The third-order valence-electron chi connectivity index (χ3n) is 2.70. The third kappa shape index (κ3) is 1.78. The molecule has 2 rings (SSSR count). The molecule has 0 saturated heterocycles. The van der Waals surface area contributed by atoms with Gasteiger partial charge in [-0.2, -0.15) is 0 Å². The van der Waals surface area contributed by atoms with Gasteiger partial charge in [0, 0.05) is 6.07 Å². The number of halogens is 1. The highest BCUT2D eigenvalue weighted by Crippen LogP contribution is 2.21. The van der Waals surface area contributed by atoms with Crippen LogP contribution in [-0.4, -0.2) is 26.7 Å². The van der Waals surface area contributed by atoms with Crippen LogP contribution >= 0.6 is 0 Å². The van der Waals surface area contributed by atoms with Crippen LogP contribution in [0.1, 0.15) is 19.9 Å². The average molecular weight is 223 g/mol. The van der Waals surface area contributed by atoms with Crippen LogP contribution in [0.4, 0.5) is 4.39 Å². The second-order valence-electron chi connectivity index (χ2n) is 4.16. The van der Waals surface area contributed by atoms with Gasteiger partial charge in [0.15, 0.2) is 0 Å². The van der Waals surface area contributed by atoms with Gasteiger partial charge in [-0.25, -0.2) is 9.07 Å². The van der Waals surface area contributed by atoms with Crippen molar-refractivity contribution < 1.29 is 9.50 Å². The number of aromatic nitrogens is 3. The van der Waals surface area contributed by atoms with E-state index in [2.05, 4.69) is 10.3 Å². The van der Waals surface area contributed by atoms with Gasteiger partial charge in [0.25, 0.3) is 0 Å². The van der Waals surface area contributed by atoms with E-state index in [0.29, 0.717) is 11.0 Å². The first kappa shape index (κ1) is 11.0. The molecule has 86 valence electrons. The second-order valence-corrected chi connectivity index (χ2v) is 4.16. The van der Waals surface area contributed by atoms with E-state index in [9.17, 15) is 9.50 Å². The van der Waals surface area contributed by atoms with E-state index in [0.717, 1.165) is 0 Å². The molecule has 0 aliphatic carbocycles. The van der Waals surface area contributed by atoms with E-state index in [4.69, 9.17) is 0 Å². The highest BCUT2D eigenvalue weighted by Gasteiger charge is 2.18. The highest BCUT2D eigenvalue weighted by molar-refractivity contribution is 5.74. The molecule has 1 unspecified atom stereocenters. The number of hydrogen-bond acceptors (Lipinski definition) is 3. The number of hydrogen-bond donors (Lipinski definition) is 1. The molecule has 5 heteroatoms. The quantitative estimate of drug-likeness (QED) is 0.862. The van der Waals surface area contributed by atoms with Crippen molar-refractivity contribution in [2.45, 2.75) is 19.9 Å². The molecule has 0 fully saturated rings. The lowest BCUT2D eigenvalue weighted by atomic mass is 10.1. The maximum Gasteiger partial charge on any atom is 0.125 e.